The van der Waals surface area contributed by atoms with Crippen molar-refractivity contribution in [2.45, 2.75) is 6.04 Å². The first-order chi connectivity index (χ1) is 6.16. The molecule has 13 heavy (non-hydrogen) atoms. The van der Waals surface area contributed by atoms with E-state index in [0.717, 1.165) is 0 Å². The average molecular weight is 179 g/mol. The second-order valence-corrected chi connectivity index (χ2v) is 2.52. The van der Waals surface area contributed by atoms with Gasteiger partial charge in [-0.2, -0.15) is 0 Å². The summed E-state index contributed by atoms with van der Waals surface area (Å²) in [6.45, 7) is 3.35. The monoisotopic (exact) mass is 179 g/mol. The maximum Gasteiger partial charge on any atom is 0.259 e. The Morgan fingerprint density at radius 1 is 1.54 bits per heavy atom. The second-order valence-electron chi connectivity index (χ2n) is 2.52. The number of hydrogen-bond acceptors (Lipinski definition) is 3. The Kier molecular flexibility index (Phi) is 2.64. The molecule has 1 atom stereocenters. The summed E-state index contributed by atoms with van der Waals surface area (Å²) in [6, 6.07) is 5.12. The van der Waals surface area contributed by atoms with E-state index in [4.69, 9.17) is 0 Å². The third-order valence-corrected chi connectivity index (χ3v) is 1.71. The zero-order valence-electron chi connectivity index (χ0n) is 6.88. The lowest BCUT2D eigenvalue weighted by molar-refractivity contribution is -0.515. The summed E-state index contributed by atoms with van der Waals surface area (Å²) in [6.07, 6.45) is 1.19. The zero-order valence-corrected chi connectivity index (χ0v) is 6.88. The van der Waals surface area contributed by atoms with Crippen molar-refractivity contribution < 1.29 is 10.0 Å². The molecule has 0 radical (unpaired) electrons. The third kappa shape index (κ3) is 1.84. The summed E-state index contributed by atoms with van der Waals surface area (Å²) in [5.74, 6) is -0.0795. The van der Waals surface area contributed by atoms with Gasteiger partial charge in [-0.05, 0) is 18.2 Å². The molecule has 0 aliphatic carbocycles. The molecule has 0 heterocycles. The predicted molar refractivity (Wildman–Crippen MR) is 48.0 cm³/mol. The fourth-order valence-corrected chi connectivity index (χ4v) is 1.06. The molecule has 0 aliphatic rings. The number of benzene rings is 1. The van der Waals surface area contributed by atoms with Gasteiger partial charge in [-0.3, -0.25) is 10.1 Å². The van der Waals surface area contributed by atoms with Crippen LogP contribution in [0, 0.1) is 10.1 Å². The number of rotatable bonds is 3. The molecule has 0 amide bonds. The Morgan fingerprint density at radius 3 is 2.62 bits per heavy atom. The van der Waals surface area contributed by atoms with Crippen molar-refractivity contribution in [1.82, 2.24) is 0 Å². The molecule has 0 saturated heterocycles. The lowest BCUT2D eigenvalue weighted by Crippen LogP contribution is -2.07. The largest absolute Gasteiger partial charge is 0.507 e. The van der Waals surface area contributed by atoms with Crippen LogP contribution in [0.4, 0.5) is 0 Å². The van der Waals surface area contributed by atoms with Crippen molar-refractivity contribution in [2.24, 2.45) is 0 Å². The molecule has 1 aromatic rings. The molecule has 1 aromatic carbocycles. The van der Waals surface area contributed by atoms with Gasteiger partial charge in [-0.15, -0.1) is 0 Å². The van der Waals surface area contributed by atoms with Crippen LogP contribution in [0.2, 0.25) is 0 Å². The molecular formula is C9H9NO3. The lowest BCUT2D eigenvalue weighted by atomic mass is 10.1. The first-order valence-corrected chi connectivity index (χ1v) is 3.70. The normalized spacial score (nSPS) is 12.0. The molecule has 1 N–H and O–H groups in total. The average Bonchev–Trinajstić information content (AvgIpc) is 2.09. The maximum atomic E-state index is 10.5. The number of phenols is 1. The molecule has 68 valence electrons. The van der Waals surface area contributed by atoms with Gasteiger partial charge in [0.05, 0.1) is 5.56 Å². The van der Waals surface area contributed by atoms with Crippen LogP contribution in [-0.2, 0) is 0 Å². The van der Waals surface area contributed by atoms with Crippen LogP contribution in [0.3, 0.4) is 0 Å². The van der Waals surface area contributed by atoms with Crippen molar-refractivity contribution in [2.75, 3.05) is 0 Å². The number of para-hydroxylation sites is 1. The molecule has 4 heteroatoms. The number of nitro groups is 1. The number of phenolic OH excluding ortho intramolecular Hbond substituents is 1. The molecule has 0 aromatic heterocycles. The molecule has 0 aliphatic heterocycles. The molecule has 1 unspecified atom stereocenters. The van der Waals surface area contributed by atoms with Gasteiger partial charge < -0.3 is 5.11 Å². The molecule has 0 fully saturated rings. The van der Waals surface area contributed by atoms with E-state index < -0.39 is 11.0 Å². The highest BCUT2D eigenvalue weighted by Crippen LogP contribution is 2.26. The highest BCUT2D eigenvalue weighted by Gasteiger charge is 2.21. The van der Waals surface area contributed by atoms with E-state index >= 15 is 0 Å². The molecule has 0 bridgehead atoms. The van der Waals surface area contributed by atoms with Crippen molar-refractivity contribution in [3.63, 3.8) is 0 Å². The summed E-state index contributed by atoms with van der Waals surface area (Å²) in [5, 5.41) is 19.8. The fraction of sp³-hybridized carbons (Fsp3) is 0.111. The van der Waals surface area contributed by atoms with Gasteiger partial charge in [0, 0.05) is 4.92 Å². The second kappa shape index (κ2) is 3.71. The van der Waals surface area contributed by atoms with E-state index in [1.165, 1.54) is 18.2 Å². The Morgan fingerprint density at radius 2 is 2.15 bits per heavy atom. The maximum absolute atomic E-state index is 10.5. The topological polar surface area (TPSA) is 63.4 Å². The third-order valence-electron chi connectivity index (χ3n) is 1.71. The quantitative estimate of drug-likeness (QED) is 0.438. The van der Waals surface area contributed by atoms with Gasteiger partial charge in [0.1, 0.15) is 5.75 Å². The summed E-state index contributed by atoms with van der Waals surface area (Å²) < 4.78 is 0. The fourth-order valence-electron chi connectivity index (χ4n) is 1.06. The minimum Gasteiger partial charge on any atom is -0.507 e. The standard InChI is InChI=1S/C9H9NO3/c1-2-8(10(12)13)7-5-3-4-6-9(7)11/h2-6,8,11H,1H2. The van der Waals surface area contributed by atoms with Crippen LogP contribution >= 0.6 is 0 Å². The summed E-state index contributed by atoms with van der Waals surface area (Å²) >= 11 is 0. The molecule has 0 spiro atoms. The van der Waals surface area contributed by atoms with Crippen LogP contribution in [0.5, 0.6) is 5.75 Å². The lowest BCUT2D eigenvalue weighted by Gasteiger charge is -2.05. The van der Waals surface area contributed by atoms with Gasteiger partial charge in [-0.1, -0.05) is 18.7 Å². The molecule has 0 saturated carbocycles. The smallest absolute Gasteiger partial charge is 0.259 e. The van der Waals surface area contributed by atoms with Crippen molar-refractivity contribution in [3.8, 4) is 5.75 Å². The number of nitrogens with zero attached hydrogens (tertiary/aromatic N) is 1. The van der Waals surface area contributed by atoms with Gasteiger partial charge in [0.25, 0.3) is 6.04 Å². The van der Waals surface area contributed by atoms with E-state index in [0.29, 0.717) is 0 Å². The van der Waals surface area contributed by atoms with Crippen LogP contribution in [0.15, 0.2) is 36.9 Å². The molecule has 4 nitrogen and oxygen atoms in total. The van der Waals surface area contributed by atoms with E-state index in [1.54, 1.807) is 12.1 Å². The van der Waals surface area contributed by atoms with Crippen molar-refractivity contribution in [1.29, 1.82) is 0 Å². The summed E-state index contributed by atoms with van der Waals surface area (Å²) in [5.41, 5.74) is 0.266. The first-order valence-electron chi connectivity index (χ1n) is 3.70. The van der Waals surface area contributed by atoms with Gasteiger partial charge in [0.15, 0.2) is 0 Å². The van der Waals surface area contributed by atoms with Crippen LogP contribution in [-0.4, -0.2) is 10.0 Å². The van der Waals surface area contributed by atoms with Crippen LogP contribution < -0.4 is 0 Å². The van der Waals surface area contributed by atoms with Crippen LogP contribution in [0.1, 0.15) is 11.6 Å². The van der Waals surface area contributed by atoms with E-state index in [2.05, 4.69) is 6.58 Å². The Bertz CT molecular complexity index is 335. The van der Waals surface area contributed by atoms with E-state index in [9.17, 15) is 15.2 Å². The van der Waals surface area contributed by atoms with Crippen molar-refractivity contribution in [3.05, 3.63) is 52.6 Å². The first kappa shape index (κ1) is 9.25. The Hall–Kier alpha value is -1.84. The van der Waals surface area contributed by atoms with Gasteiger partial charge in [0.2, 0.25) is 0 Å². The predicted octanol–water partition coefficient (Wildman–Crippen LogP) is 1.90. The van der Waals surface area contributed by atoms with Crippen molar-refractivity contribution >= 4 is 0 Å². The van der Waals surface area contributed by atoms with Gasteiger partial charge in [-0.25, -0.2) is 0 Å². The summed E-state index contributed by atoms with van der Waals surface area (Å²) in [7, 11) is 0. The highest BCUT2D eigenvalue weighted by molar-refractivity contribution is 5.35. The highest BCUT2D eigenvalue weighted by atomic mass is 16.6. The zero-order chi connectivity index (χ0) is 9.84. The number of aromatic hydroxyl groups is 1. The van der Waals surface area contributed by atoms with Crippen LogP contribution in [0.25, 0.3) is 0 Å². The molecule has 1 rings (SSSR count). The Labute approximate surface area is 75.3 Å². The minimum absolute atomic E-state index is 0.0795. The van der Waals surface area contributed by atoms with Gasteiger partial charge >= 0.3 is 0 Å². The minimum atomic E-state index is -1.04. The molecular weight excluding hydrogens is 170 g/mol. The summed E-state index contributed by atoms with van der Waals surface area (Å²) in [4.78, 5) is 10.0. The van der Waals surface area contributed by atoms with E-state index in [-0.39, 0.29) is 11.3 Å². The SMILES string of the molecule is C=CC(c1ccccc1O)[N+](=O)[O-]. The Balaban J connectivity index is 3.12. The van der Waals surface area contributed by atoms with E-state index in [1.807, 2.05) is 0 Å². The number of hydrogen-bond donors (Lipinski definition) is 1.